The number of nitrogens with zero attached hydrogens (tertiary/aromatic N) is 3. The van der Waals surface area contributed by atoms with Crippen molar-refractivity contribution in [3.05, 3.63) is 53.9 Å². The lowest BCUT2D eigenvalue weighted by atomic mass is 10.2. The maximum Gasteiger partial charge on any atom is 0.337 e. The summed E-state index contributed by atoms with van der Waals surface area (Å²) in [5.41, 5.74) is 1.41. The quantitative estimate of drug-likeness (QED) is 0.834. The number of ether oxygens (including phenoxy) is 1. The van der Waals surface area contributed by atoms with Crippen LogP contribution in [0, 0.1) is 0 Å². The summed E-state index contributed by atoms with van der Waals surface area (Å²) in [5.74, 6) is -0.379. The van der Waals surface area contributed by atoms with Gasteiger partial charge in [-0.15, -0.1) is 0 Å². The molecule has 142 valence electrons. The summed E-state index contributed by atoms with van der Waals surface area (Å²) in [6, 6.07) is 10.3. The highest BCUT2D eigenvalue weighted by Crippen LogP contribution is 2.24. The number of carbonyl (C=O) groups excluding carboxylic acids is 1. The van der Waals surface area contributed by atoms with Crippen molar-refractivity contribution in [3.63, 3.8) is 0 Å². The minimum Gasteiger partial charge on any atom is -0.497 e. The molecule has 1 saturated heterocycles. The minimum atomic E-state index is -1.03. The standard InChI is InChI=1S/C19H22N4O4/c1-27-17-4-2-3-16(11-17)23(19(26)22-9-7-20-8-10-22)13-15-6-5-14(12-21-15)18(24)25/h2-6,11-12,20H,7-10,13H2,1H3,(H,24,25). The van der Waals surface area contributed by atoms with Crippen LogP contribution in [0.25, 0.3) is 0 Å². The van der Waals surface area contributed by atoms with Crippen LogP contribution < -0.4 is 15.0 Å². The number of methoxy groups -OCH3 is 1. The van der Waals surface area contributed by atoms with Gasteiger partial charge in [-0.2, -0.15) is 0 Å². The number of carbonyl (C=O) groups is 2. The van der Waals surface area contributed by atoms with Gasteiger partial charge in [-0.25, -0.2) is 9.59 Å². The SMILES string of the molecule is COc1cccc(N(Cc2ccc(C(=O)O)cn2)C(=O)N2CCNCC2)c1. The topological polar surface area (TPSA) is 95.0 Å². The summed E-state index contributed by atoms with van der Waals surface area (Å²) in [6.07, 6.45) is 1.30. The number of hydrogen-bond acceptors (Lipinski definition) is 5. The van der Waals surface area contributed by atoms with Gasteiger partial charge in [-0.3, -0.25) is 9.88 Å². The van der Waals surface area contributed by atoms with Crippen molar-refractivity contribution in [1.82, 2.24) is 15.2 Å². The average molecular weight is 370 g/mol. The van der Waals surface area contributed by atoms with E-state index in [1.165, 1.54) is 12.3 Å². The molecule has 27 heavy (non-hydrogen) atoms. The van der Waals surface area contributed by atoms with Crippen LogP contribution in [0.15, 0.2) is 42.6 Å². The van der Waals surface area contributed by atoms with E-state index in [9.17, 15) is 9.59 Å². The molecule has 1 fully saturated rings. The van der Waals surface area contributed by atoms with E-state index in [0.717, 1.165) is 13.1 Å². The maximum atomic E-state index is 13.1. The first-order valence-electron chi connectivity index (χ1n) is 8.68. The van der Waals surface area contributed by atoms with Crippen LogP contribution in [0.4, 0.5) is 10.5 Å². The van der Waals surface area contributed by atoms with Crippen LogP contribution >= 0.6 is 0 Å². The van der Waals surface area contributed by atoms with Gasteiger partial charge in [0.2, 0.25) is 0 Å². The number of hydrogen-bond donors (Lipinski definition) is 2. The number of urea groups is 1. The first-order chi connectivity index (χ1) is 13.1. The Bertz CT molecular complexity index is 804. The summed E-state index contributed by atoms with van der Waals surface area (Å²) in [7, 11) is 1.58. The number of aromatic carboxylic acids is 1. The van der Waals surface area contributed by atoms with Crippen LogP contribution in [0.5, 0.6) is 5.75 Å². The zero-order valence-electron chi connectivity index (χ0n) is 15.1. The summed E-state index contributed by atoms with van der Waals surface area (Å²) in [4.78, 5) is 31.8. The molecule has 8 heteroatoms. The van der Waals surface area contributed by atoms with Gasteiger partial charge in [0.05, 0.1) is 24.9 Å². The average Bonchev–Trinajstić information content (AvgIpc) is 2.72. The molecule has 2 heterocycles. The van der Waals surface area contributed by atoms with Crippen molar-refractivity contribution in [2.75, 3.05) is 38.2 Å². The number of carboxylic acids is 1. The van der Waals surface area contributed by atoms with E-state index in [2.05, 4.69) is 10.3 Å². The molecule has 0 unspecified atom stereocenters. The lowest BCUT2D eigenvalue weighted by molar-refractivity contribution is 0.0696. The fourth-order valence-electron chi connectivity index (χ4n) is 2.88. The molecule has 2 aromatic rings. The Morgan fingerprint density at radius 3 is 2.67 bits per heavy atom. The van der Waals surface area contributed by atoms with Crippen molar-refractivity contribution in [2.45, 2.75) is 6.54 Å². The fourth-order valence-corrected chi connectivity index (χ4v) is 2.88. The number of pyridine rings is 1. The lowest BCUT2D eigenvalue weighted by Crippen LogP contribution is -2.51. The summed E-state index contributed by atoms with van der Waals surface area (Å²) in [6.45, 7) is 3.00. The van der Waals surface area contributed by atoms with E-state index in [1.54, 1.807) is 29.0 Å². The van der Waals surface area contributed by atoms with Crippen LogP contribution in [0.1, 0.15) is 16.1 Å². The molecule has 1 aromatic carbocycles. The van der Waals surface area contributed by atoms with Gasteiger partial charge in [0.1, 0.15) is 5.75 Å². The van der Waals surface area contributed by atoms with Gasteiger partial charge in [0.25, 0.3) is 0 Å². The summed E-state index contributed by atoms with van der Waals surface area (Å²) in [5, 5.41) is 12.3. The predicted molar refractivity (Wildman–Crippen MR) is 100 cm³/mol. The summed E-state index contributed by atoms with van der Waals surface area (Å²) >= 11 is 0. The number of nitrogens with one attached hydrogen (secondary N) is 1. The third-order valence-corrected chi connectivity index (χ3v) is 4.38. The second-order valence-corrected chi connectivity index (χ2v) is 6.15. The molecule has 1 aromatic heterocycles. The van der Waals surface area contributed by atoms with Crippen molar-refractivity contribution >= 4 is 17.7 Å². The number of aromatic nitrogens is 1. The van der Waals surface area contributed by atoms with E-state index in [4.69, 9.17) is 9.84 Å². The molecular formula is C19H22N4O4. The highest BCUT2D eigenvalue weighted by atomic mass is 16.5. The third kappa shape index (κ3) is 4.53. The number of rotatable bonds is 5. The Balaban J connectivity index is 1.88. The second kappa shape index (κ2) is 8.50. The van der Waals surface area contributed by atoms with Crippen LogP contribution in [-0.2, 0) is 6.54 Å². The first kappa shape index (κ1) is 18.7. The number of anilines is 1. The fraction of sp³-hybridized carbons (Fsp3) is 0.316. The van der Waals surface area contributed by atoms with Crippen LogP contribution in [-0.4, -0.2) is 60.3 Å². The number of benzene rings is 1. The molecule has 1 aliphatic rings. The second-order valence-electron chi connectivity index (χ2n) is 6.15. The Morgan fingerprint density at radius 1 is 1.26 bits per heavy atom. The molecule has 2 amide bonds. The molecule has 0 radical (unpaired) electrons. The molecule has 3 rings (SSSR count). The molecule has 8 nitrogen and oxygen atoms in total. The van der Waals surface area contributed by atoms with E-state index >= 15 is 0 Å². The molecular weight excluding hydrogens is 348 g/mol. The smallest absolute Gasteiger partial charge is 0.337 e. The summed E-state index contributed by atoms with van der Waals surface area (Å²) < 4.78 is 5.28. The maximum absolute atomic E-state index is 13.1. The zero-order valence-corrected chi connectivity index (χ0v) is 15.1. The van der Waals surface area contributed by atoms with Crippen LogP contribution in [0.3, 0.4) is 0 Å². The molecule has 0 spiro atoms. The highest BCUT2D eigenvalue weighted by Gasteiger charge is 2.24. The Hall–Kier alpha value is -3.13. The molecule has 0 saturated carbocycles. The van der Waals surface area contributed by atoms with Crippen molar-refractivity contribution in [1.29, 1.82) is 0 Å². The van der Waals surface area contributed by atoms with Gasteiger partial charge in [0.15, 0.2) is 0 Å². The molecule has 1 aliphatic heterocycles. The van der Waals surface area contributed by atoms with E-state index < -0.39 is 5.97 Å². The van der Waals surface area contributed by atoms with E-state index in [-0.39, 0.29) is 18.1 Å². The van der Waals surface area contributed by atoms with Crippen molar-refractivity contribution < 1.29 is 19.4 Å². The van der Waals surface area contributed by atoms with E-state index in [0.29, 0.717) is 30.2 Å². The molecule has 0 bridgehead atoms. The number of piperazine rings is 1. The zero-order chi connectivity index (χ0) is 19.2. The highest BCUT2D eigenvalue weighted by molar-refractivity contribution is 5.92. The molecule has 0 aliphatic carbocycles. The lowest BCUT2D eigenvalue weighted by Gasteiger charge is -2.33. The van der Waals surface area contributed by atoms with Gasteiger partial charge < -0.3 is 20.1 Å². The van der Waals surface area contributed by atoms with Gasteiger partial charge in [-0.1, -0.05) is 6.07 Å². The van der Waals surface area contributed by atoms with Crippen molar-refractivity contribution in [3.8, 4) is 5.75 Å². The predicted octanol–water partition coefficient (Wildman–Crippen LogP) is 1.82. The minimum absolute atomic E-state index is 0.111. The molecule has 2 N–H and O–H groups in total. The Kier molecular flexibility index (Phi) is 5.87. The third-order valence-electron chi connectivity index (χ3n) is 4.38. The Labute approximate surface area is 157 Å². The van der Waals surface area contributed by atoms with E-state index in [1.807, 2.05) is 18.2 Å². The number of amides is 2. The van der Waals surface area contributed by atoms with Gasteiger partial charge in [-0.05, 0) is 24.3 Å². The monoisotopic (exact) mass is 370 g/mol. The van der Waals surface area contributed by atoms with Gasteiger partial charge >= 0.3 is 12.0 Å². The van der Waals surface area contributed by atoms with Crippen molar-refractivity contribution in [2.24, 2.45) is 0 Å². The largest absolute Gasteiger partial charge is 0.497 e. The Morgan fingerprint density at radius 2 is 2.04 bits per heavy atom. The normalized spacial score (nSPS) is 13.9. The number of carboxylic acid groups (broad SMARTS) is 1. The molecule has 0 atom stereocenters. The van der Waals surface area contributed by atoms with Gasteiger partial charge in [0, 0.05) is 44.1 Å². The first-order valence-corrected chi connectivity index (χ1v) is 8.68. The van der Waals surface area contributed by atoms with Crippen LogP contribution in [0.2, 0.25) is 0 Å².